The number of hydrogen-bond acceptors (Lipinski definition) is 2. The third kappa shape index (κ3) is 2.76. The van der Waals surface area contributed by atoms with Crippen molar-refractivity contribution < 1.29 is 9.50 Å². The summed E-state index contributed by atoms with van der Waals surface area (Å²) in [6.45, 7) is 0.00409. The second-order valence-electron chi connectivity index (χ2n) is 2.78. The van der Waals surface area contributed by atoms with Crippen LogP contribution in [0.3, 0.4) is 0 Å². The first-order valence-electron chi connectivity index (χ1n) is 3.96. The molecule has 0 saturated carbocycles. The van der Waals surface area contributed by atoms with Gasteiger partial charge in [0.15, 0.2) is 0 Å². The Labute approximate surface area is 84.7 Å². The molecule has 0 aliphatic rings. The third-order valence-corrected chi connectivity index (χ3v) is 2.52. The molecule has 1 aromatic carbocycles. The van der Waals surface area contributed by atoms with Crippen molar-refractivity contribution in [1.82, 2.24) is 0 Å². The highest BCUT2D eigenvalue weighted by molar-refractivity contribution is 9.10. The van der Waals surface area contributed by atoms with Gasteiger partial charge in [-0.3, -0.25) is 0 Å². The Balaban J connectivity index is 2.91. The maximum absolute atomic E-state index is 12.8. The van der Waals surface area contributed by atoms with Gasteiger partial charge in [0.2, 0.25) is 0 Å². The molecule has 2 nitrogen and oxygen atoms in total. The fourth-order valence-corrected chi connectivity index (χ4v) is 1.63. The number of hydrogen-bond donors (Lipinski definition) is 2. The van der Waals surface area contributed by atoms with Gasteiger partial charge in [0, 0.05) is 17.1 Å². The lowest BCUT2D eigenvalue weighted by molar-refractivity contribution is 0.276. The molecular weight excluding hydrogens is 237 g/mol. The molecule has 1 unspecified atom stereocenters. The van der Waals surface area contributed by atoms with Crippen molar-refractivity contribution in [2.45, 2.75) is 12.5 Å². The highest BCUT2D eigenvalue weighted by atomic mass is 79.9. The Morgan fingerprint density at radius 1 is 1.54 bits per heavy atom. The van der Waals surface area contributed by atoms with Crippen LogP contribution >= 0.6 is 15.9 Å². The van der Waals surface area contributed by atoms with Crippen LogP contribution in [-0.4, -0.2) is 11.7 Å². The van der Waals surface area contributed by atoms with Gasteiger partial charge in [0.05, 0.1) is 0 Å². The molecule has 1 atom stereocenters. The molecule has 1 rings (SSSR count). The highest BCUT2D eigenvalue weighted by Gasteiger charge is 2.09. The van der Waals surface area contributed by atoms with Crippen LogP contribution in [0.15, 0.2) is 22.7 Å². The zero-order valence-corrected chi connectivity index (χ0v) is 8.59. The van der Waals surface area contributed by atoms with Gasteiger partial charge in [0.1, 0.15) is 5.82 Å². The van der Waals surface area contributed by atoms with Gasteiger partial charge in [-0.25, -0.2) is 4.39 Å². The van der Waals surface area contributed by atoms with E-state index in [-0.39, 0.29) is 18.5 Å². The molecule has 0 radical (unpaired) electrons. The van der Waals surface area contributed by atoms with Gasteiger partial charge in [-0.15, -0.1) is 0 Å². The standard InChI is InChI=1S/C9H11BrFNO/c10-8-2-1-6(11)5-7(8)9(12)3-4-13/h1-2,5,9,13H,3-4,12H2. The average molecular weight is 248 g/mol. The van der Waals surface area contributed by atoms with Crippen LogP contribution in [0.4, 0.5) is 4.39 Å². The van der Waals surface area contributed by atoms with E-state index in [1.807, 2.05) is 0 Å². The largest absolute Gasteiger partial charge is 0.396 e. The summed E-state index contributed by atoms with van der Waals surface area (Å²) >= 11 is 3.27. The van der Waals surface area contributed by atoms with Crippen molar-refractivity contribution >= 4 is 15.9 Å². The van der Waals surface area contributed by atoms with Crippen LogP contribution in [0.25, 0.3) is 0 Å². The van der Waals surface area contributed by atoms with Crippen molar-refractivity contribution in [2.75, 3.05) is 6.61 Å². The van der Waals surface area contributed by atoms with E-state index in [1.54, 1.807) is 6.07 Å². The Bertz CT molecular complexity index is 293. The lowest BCUT2D eigenvalue weighted by atomic mass is 10.1. The van der Waals surface area contributed by atoms with E-state index in [0.717, 1.165) is 4.47 Å². The van der Waals surface area contributed by atoms with E-state index in [2.05, 4.69) is 15.9 Å². The van der Waals surface area contributed by atoms with Crippen molar-refractivity contribution in [2.24, 2.45) is 5.73 Å². The summed E-state index contributed by atoms with van der Waals surface area (Å²) in [5, 5.41) is 8.67. The molecule has 0 heterocycles. The molecular formula is C9H11BrFNO. The molecule has 13 heavy (non-hydrogen) atoms. The van der Waals surface area contributed by atoms with Crippen LogP contribution in [0.5, 0.6) is 0 Å². The van der Waals surface area contributed by atoms with Gasteiger partial charge in [0.25, 0.3) is 0 Å². The van der Waals surface area contributed by atoms with Gasteiger partial charge in [-0.05, 0) is 30.2 Å². The normalized spacial score (nSPS) is 12.9. The minimum absolute atomic E-state index is 0.00409. The number of nitrogens with two attached hydrogens (primary N) is 1. The predicted molar refractivity (Wildman–Crippen MR) is 52.7 cm³/mol. The van der Waals surface area contributed by atoms with Crippen LogP contribution in [0, 0.1) is 5.82 Å². The second-order valence-corrected chi connectivity index (χ2v) is 3.64. The van der Waals surface area contributed by atoms with E-state index >= 15 is 0 Å². The van der Waals surface area contributed by atoms with Crippen molar-refractivity contribution in [3.8, 4) is 0 Å². The molecule has 72 valence electrons. The third-order valence-electron chi connectivity index (χ3n) is 1.80. The quantitative estimate of drug-likeness (QED) is 0.858. The molecule has 0 aromatic heterocycles. The summed E-state index contributed by atoms with van der Waals surface area (Å²) in [7, 11) is 0. The zero-order chi connectivity index (χ0) is 9.84. The van der Waals surface area contributed by atoms with Crippen molar-refractivity contribution in [3.63, 3.8) is 0 Å². The first-order chi connectivity index (χ1) is 6.15. The molecule has 0 amide bonds. The van der Waals surface area contributed by atoms with Gasteiger partial charge in [-0.2, -0.15) is 0 Å². The molecule has 0 saturated heterocycles. The fraction of sp³-hybridized carbons (Fsp3) is 0.333. The molecule has 4 heteroatoms. The van der Waals surface area contributed by atoms with E-state index in [4.69, 9.17) is 10.8 Å². The summed E-state index contributed by atoms with van der Waals surface area (Å²) in [5.74, 6) is -0.313. The molecule has 0 bridgehead atoms. The summed E-state index contributed by atoms with van der Waals surface area (Å²) < 4.78 is 13.6. The van der Waals surface area contributed by atoms with E-state index < -0.39 is 0 Å². The van der Waals surface area contributed by atoms with Gasteiger partial charge in [-0.1, -0.05) is 15.9 Å². The molecule has 0 aliphatic carbocycles. The summed E-state index contributed by atoms with van der Waals surface area (Å²) in [6.07, 6.45) is 0.433. The second kappa shape index (κ2) is 4.69. The minimum Gasteiger partial charge on any atom is -0.396 e. The summed E-state index contributed by atoms with van der Waals surface area (Å²) in [5.41, 5.74) is 6.41. The maximum atomic E-state index is 12.8. The lowest BCUT2D eigenvalue weighted by Crippen LogP contribution is -2.12. The monoisotopic (exact) mass is 247 g/mol. The van der Waals surface area contributed by atoms with Crippen LogP contribution < -0.4 is 5.73 Å². The molecule has 3 N–H and O–H groups in total. The number of halogens is 2. The van der Waals surface area contributed by atoms with E-state index in [0.29, 0.717) is 12.0 Å². The molecule has 1 aromatic rings. The number of rotatable bonds is 3. The SMILES string of the molecule is NC(CCO)c1cc(F)ccc1Br. The fourth-order valence-electron chi connectivity index (χ4n) is 1.09. The Kier molecular flexibility index (Phi) is 3.84. The van der Waals surface area contributed by atoms with Gasteiger partial charge >= 0.3 is 0 Å². The van der Waals surface area contributed by atoms with E-state index in [9.17, 15) is 4.39 Å². The van der Waals surface area contributed by atoms with Crippen LogP contribution in [0.2, 0.25) is 0 Å². The number of aliphatic hydroxyl groups is 1. The highest BCUT2D eigenvalue weighted by Crippen LogP contribution is 2.24. The smallest absolute Gasteiger partial charge is 0.123 e. The summed E-state index contributed by atoms with van der Waals surface area (Å²) in [4.78, 5) is 0. The molecule has 0 spiro atoms. The molecule has 0 fully saturated rings. The average Bonchev–Trinajstić information content (AvgIpc) is 2.09. The van der Waals surface area contributed by atoms with Crippen molar-refractivity contribution in [3.05, 3.63) is 34.1 Å². The minimum atomic E-state index is -0.324. The maximum Gasteiger partial charge on any atom is 0.123 e. The Morgan fingerprint density at radius 2 is 2.23 bits per heavy atom. The predicted octanol–water partition coefficient (Wildman–Crippen LogP) is 1.97. The summed E-state index contributed by atoms with van der Waals surface area (Å²) in [6, 6.07) is 4.03. The number of benzene rings is 1. The van der Waals surface area contributed by atoms with Crippen molar-refractivity contribution in [1.29, 1.82) is 0 Å². The topological polar surface area (TPSA) is 46.2 Å². The van der Waals surface area contributed by atoms with Gasteiger partial charge < -0.3 is 10.8 Å². The Morgan fingerprint density at radius 3 is 2.85 bits per heavy atom. The van der Waals surface area contributed by atoms with Crippen LogP contribution in [0.1, 0.15) is 18.0 Å². The lowest BCUT2D eigenvalue weighted by Gasteiger charge is -2.12. The van der Waals surface area contributed by atoms with Crippen LogP contribution in [-0.2, 0) is 0 Å². The first-order valence-corrected chi connectivity index (χ1v) is 4.76. The molecule has 0 aliphatic heterocycles. The first kappa shape index (κ1) is 10.6. The number of aliphatic hydroxyl groups excluding tert-OH is 1. The zero-order valence-electron chi connectivity index (χ0n) is 7.00. The van der Waals surface area contributed by atoms with E-state index in [1.165, 1.54) is 12.1 Å². The Hall–Kier alpha value is -0.450.